The summed E-state index contributed by atoms with van der Waals surface area (Å²) < 4.78 is 21.9. The van der Waals surface area contributed by atoms with E-state index in [1.165, 1.54) is 0 Å². The molecule has 4 aromatic heterocycles. The van der Waals surface area contributed by atoms with Gasteiger partial charge in [-0.05, 0) is 59.9 Å². The Balaban J connectivity index is 1.73. The SMILES string of the molecule is COCc1nn(C)c2c1-c1cnc3n[nH]c(c3c1)/C=C/c1c(OC(C)C)nn(C[C@H](C)O)c1CN(C)[C@H](C)[C@H](C)O2. The fraction of sp³-hybridized carbons (Fsp3) is 0.517. The van der Waals surface area contributed by atoms with Crippen LogP contribution >= 0.6 is 0 Å². The van der Waals surface area contributed by atoms with Gasteiger partial charge in [0.15, 0.2) is 5.65 Å². The van der Waals surface area contributed by atoms with Crippen LogP contribution in [0, 0.1) is 0 Å². The summed E-state index contributed by atoms with van der Waals surface area (Å²) in [5, 5.41) is 28.2. The van der Waals surface area contributed by atoms with Crippen molar-refractivity contribution in [1.82, 2.24) is 39.6 Å². The van der Waals surface area contributed by atoms with Crippen molar-refractivity contribution in [3.05, 3.63) is 34.9 Å². The zero-order chi connectivity index (χ0) is 29.4. The predicted octanol–water partition coefficient (Wildman–Crippen LogP) is 3.64. The number of nitrogens with one attached hydrogen (secondary N) is 1. The van der Waals surface area contributed by atoms with Crippen LogP contribution in [-0.2, 0) is 31.5 Å². The van der Waals surface area contributed by atoms with E-state index in [1.54, 1.807) is 24.9 Å². The Morgan fingerprint density at radius 2 is 1.95 bits per heavy atom. The first-order valence-corrected chi connectivity index (χ1v) is 14.0. The Morgan fingerprint density at radius 1 is 1.17 bits per heavy atom. The van der Waals surface area contributed by atoms with Crippen molar-refractivity contribution in [2.45, 2.75) is 78.7 Å². The van der Waals surface area contributed by atoms with Gasteiger partial charge in [0.2, 0.25) is 11.8 Å². The third kappa shape index (κ3) is 5.72. The number of rotatable bonds is 6. The van der Waals surface area contributed by atoms with Gasteiger partial charge in [-0.2, -0.15) is 10.2 Å². The van der Waals surface area contributed by atoms with Crippen LogP contribution < -0.4 is 9.47 Å². The van der Waals surface area contributed by atoms with Crippen molar-refractivity contribution in [2.75, 3.05) is 14.2 Å². The first-order chi connectivity index (χ1) is 19.6. The highest BCUT2D eigenvalue weighted by atomic mass is 16.5. The van der Waals surface area contributed by atoms with Crippen LogP contribution in [0.25, 0.3) is 34.3 Å². The molecule has 220 valence electrons. The minimum atomic E-state index is -0.581. The molecule has 3 atom stereocenters. The highest BCUT2D eigenvalue weighted by molar-refractivity contribution is 5.91. The molecule has 2 bridgehead atoms. The molecule has 0 unspecified atom stereocenters. The lowest BCUT2D eigenvalue weighted by Gasteiger charge is -2.30. The Kier molecular flexibility index (Phi) is 8.16. The molecule has 2 N–H and O–H groups in total. The van der Waals surface area contributed by atoms with Crippen LogP contribution in [0.5, 0.6) is 11.8 Å². The van der Waals surface area contributed by atoms with Crippen LogP contribution in [0.2, 0.25) is 0 Å². The lowest BCUT2D eigenvalue weighted by atomic mass is 10.1. The molecule has 5 heterocycles. The monoisotopic (exact) mass is 564 g/mol. The molecular formula is C29H40N8O4. The number of fused-ring (bicyclic) bond motifs is 4. The van der Waals surface area contributed by atoms with Crippen molar-refractivity contribution in [2.24, 2.45) is 7.05 Å². The zero-order valence-corrected chi connectivity index (χ0v) is 25.0. The number of pyridine rings is 1. The van der Waals surface area contributed by atoms with Gasteiger partial charge in [0, 0.05) is 43.9 Å². The first-order valence-electron chi connectivity index (χ1n) is 14.0. The first kappa shape index (κ1) is 28.8. The Labute approximate surface area is 239 Å². The topological polar surface area (TPSA) is 128 Å². The summed E-state index contributed by atoms with van der Waals surface area (Å²) in [5.41, 5.74) is 5.65. The molecule has 0 saturated carbocycles. The van der Waals surface area contributed by atoms with Gasteiger partial charge >= 0.3 is 0 Å². The summed E-state index contributed by atoms with van der Waals surface area (Å²) >= 11 is 0. The van der Waals surface area contributed by atoms with E-state index in [4.69, 9.17) is 24.4 Å². The molecule has 0 amide bonds. The highest BCUT2D eigenvalue weighted by Gasteiger charge is 2.28. The molecule has 41 heavy (non-hydrogen) atoms. The molecule has 0 saturated heterocycles. The van der Waals surface area contributed by atoms with Crippen molar-refractivity contribution in [3.63, 3.8) is 0 Å². The maximum absolute atomic E-state index is 10.3. The smallest absolute Gasteiger partial charge is 0.240 e. The normalized spacial score (nSPS) is 19.5. The Hall–Kier alpha value is -3.74. The van der Waals surface area contributed by atoms with Crippen LogP contribution in [-0.4, -0.2) is 83.3 Å². The largest absolute Gasteiger partial charge is 0.473 e. The number of aliphatic hydroxyl groups excluding tert-OH is 1. The molecule has 0 fully saturated rings. The Morgan fingerprint density at radius 3 is 2.66 bits per heavy atom. The summed E-state index contributed by atoms with van der Waals surface area (Å²) in [6.07, 6.45) is 4.92. The molecular weight excluding hydrogens is 524 g/mol. The maximum atomic E-state index is 10.3. The van der Waals surface area contributed by atoms with Gasteiger partial charge in [0.25, 0.3) is 0 Å². The van der Waals surface area contributed by atoms with Gasteiger partial charge in [-0.3, -0.25) is 14.7 Å². The fourth-order valence-electron chi connectivity index (χ4n) is 5.12. The molecule has 0 aromatic carbocycles. The number of hydrogen-bond acceptors (Lipinski definition) is 9. The molecule has 1 aliphatic heterocycles. The van der Waals surface area contributed by atoms with E-state index in [1.807, 2.05) is 37.7 Å². The molecule has 0 spiro atoms. The quantitative estimate of drug-likeness (QED) is 0.361. The minimum Gasteiger partial charge on any atom is -0.473 e. The number of ether oxygens (including phenoxy) is 3. The second-order valence-corrected chi connectivity index (χ2v) is 11.1. The molecule has 4 aromatic rings. The van der Waals surface area contributed by atoms with Gasteiger partial charge in [0.05, 0.1) is 53.6 Å². The van der Waals surface area contributed by atoms with Crippen molar-refractivity contribution >= 4 is 23.2 Å². The summed E-state index contributed by atoms with van der Waals surface area (Å²) in [4.78, 5) is 6.87. The second-order valence-electron chi connectivity index (χ2n) is 11.1. The fourth-order valence-corrected chi connectivity index (χ4v) is 5.12. The number of methoxy groups -OCH3 is 1. The van der Waals surface area contributed by atoms with Crippen LogP contribution in [0.4, 0.5) is 0 Å². The molecule has 1 aliphatic rings. The number of aromatic amines is 1. The van der Waals surface area contributed by atoms with Gasteiger partial charge in [0.1, 0.15) is 6.10 Å². The Bertz CT molecular complexity index is 1550. The third-order valence-electron chi connectivity index (χ3n) is 7.41. The van der Waals surface area contributed by atoms with Gasteiger partial charge < -0.3 is 19.3 Å². The number of aliphatic hydroxyl groups is 1. The van der Waals surface area contributed by atoms with Crippen LogP contribution in [0.3, 0.4) is 0 Å². The highest BCUT2D eigenvalue weighted by Crippen LogP contribution is 2.37. The van der Waals surface area contributed by atoms with E-state index in [2.05, 4.69) is 47.0 Å². The van der Waals surface area contributed by atoms with Crippen LogP contribution in [0.15, 0.2) is 12.3 Å². The van der Waals surface area contributed by atoms with Crippen molar-refractivity contribution in [3.8, 4) is 22.9 Å². The summed E-state index contributed by atoms with van der Waals surface area (Å²) in [7, 11) is 5.59. The molecule has 5 rings (SSSR count). The third-order valence-corrected chi connectivity index (χ3v) is 7.41. The maximum Gasteiger partial charge on any atom is 0.240 e. The lowest BCUT2D eigenvalue weighted by molar-refractivity contribution is 0.0912. The van der Waals surface area contributed by atoms with Gasteiger partial charge in [-0.15, -0.1) is 5.10 Å². The number of nitrogens with zero attached hydrogens (tertiary/aromatic N) is 7. The van der Waals surface area contributed by atoms with Crippen LogP contribution in [0.1, 0.15) is 57.3 Å². The lowest BCUT2D eigenvalue weighted by Crippen LogP contribution is -2.41. The second kappa shape index (κ2) is 11.6. The van der Waals surface area contributed by atoms with E-state index in [9.17, 15) is 5.11 Å². The molecule has 0 aliphatic carbocycles. The average molecular weight is 565 g/mol. The number of aromatic nitrogens is 7. The van der Waals surface area contributed by atoms with Crippen molar-refractivity contribution in [1.29, 1.82) is 0 Å². The van der Waals surface area contributed by atoms with E-state index < -0.39 is 6.10 Å². The summed E-state index contributed by atoms with van der Waals surface area (Å²) in [6, 6.07) is 2.06. The average Bonchev–Trinajstić information content (AvgIpc) is 3.54. The minimum absolute atomic E-state index is 0.00693. The zero-order valence-electron chi connectivity index (χ0n) is 25.0. The molecule has 12 nitrogen and oxygen atoms in total. The predicted molar refractivity (Wildman–Crippen MR) is 156 cm³/mol. The van der Waals surface area contributed by atoms with E-state index in [0.717, 1.165) is 39.2 Å². The van der Waals surface area contributed by atoms with E-state index in [-0.39, 0.29) is 18.2 Å². The standard InChI is InChI=1S/C29H40N8O4/c1-16(2)40-28-21-9-10-23-22-11-20(12-30-27(22)32-31-23)26-24(15-39-8)33-36(7)29(26)41-19(5)18(4)35(6)14-25(21)37(34-28)13-17(3)38/h9-12,16-19,38H,13-15H2,1-8H3,(H,30,31,32)/b10-9+/t17-,18+,19-/m0/s1. The number of likely N-dealkylation sites (N-methyl/N-ethyl adjacent to an activating group) is 1. The van der Waals surface area contributed by atoms with Gasteiger partial charge in [-0.25, -0.2) is 9.67 Å². The summed E-state index contributed by atoms with van der Waals surface area (Å²) in [6.45, 7) is 11.1. The molecule has 12 heteroatoms. The summed E-state index contributed by atoms with van der Waals surface area (Å²) in [5.74, 6) is 1.17. The van der Waals surface area contributed by atoms with E-state index >= 15 is 0 Å². The van der Waals surface area contributed by atoms with E-state index in [0.29, 0.717) is 37.1 Å². The number of aryl methyl sites for hydroxylation is 1. The number of H-pyrrole nitrogens is 1. The van der Waals surface area contributed by atoms with Crippen molar-refractivity contribution < 1.29 is 19.3 Å². The van der Waals surface area contributed by atoms with Gasteiger partial charge in [-0.1, -0.05) is 0 Å². The number of hydrogen-bond donors (Lipinski definition) is 2. The molecule has 0 radical (unpaired) electrons.